The summed E-state index contributed by atoms with van der Waals surface area (Å²) in [6.45, 7) is 0. The number of nitrogens with zero attached hydrogens (tertiary/aromatic N) is 1. The van der Waals surface area contributed by atoms with E-state index in [2.05, 4.69) is 15.0 Å². The van der Waals surface area contributed by atoms with Crippen molar-refractivity contribution in [3.63, 3.8) is 0 Å². The summed E-state index contributed by atoms with van der Waals surface area (Å²) >= 11 is 1.36. The van der Waals surface area contributed by atoms with Gasteiger partial charge in [-0.15, -0.1) is 0 Å². The van der Waals surface area contributed by atoms with Crippen molar-refractivity contribution in [1.82, 2.24) is 4.98 Å². The largest absolute Gasteiger partial charge is 0.480 e. The monoisotopic (exact) mass is 560 g/mol. The van der Waals surface area contributed by atoms with Crippen LogP contribution in [0.4, 0.5) is 27.6 Å². The first-order chi connectivity index (χ1) is 18.7. The lowest BCUT2D eigenvalue weighted by Crippen LogP contribution is -2.17. The lowest BCUT2D eigenvalue weighted by Gasteiger charge is -2.14. The van der Waals surface area contributed by atoms with Crippen LogP contribution in [0.15, 0.2) is 57.8 Å². The molecule has 1 amide bonds. The number of hydrogen-bond acceptors (Lipinski definition) is 7. The first-order valence-corrected chi connectivity index (χ1v) is 11.8. The molecule has 0 radical (unpaired) electrons. The number of carbonyl (C=O) groups excluding carboxylic acids is 2. The van der Waals surface area contributed by atoms with Crippen LogP contribution < -0.4 is 14.8 Å². The van der Waals surface area contributed by atoms with E-state index in [1.165, 1.54) is 29.7 Å². The van der Waals surface area contributed by atoms with Crippen LogP contribution in [-0.4, -0.2) is 24.0 Å². The molecule has 5 rings (SSSR count). The van der Waals surface area contributed by atoms with Crippen molar-refractivity contribution in [3.05, 3.63) is 93.6 Å². The van der Waals surface area contributed by atoms with Gasteiger partial charge in [-0.3, -0.25) is 4.79 Å². The standard InChI is InChI=1S/C26H13F5N2O5S/c1-36-25-14(26(35)38-23-20(30)18(28)17(27)19(29)21(23)31)9-11-4-5-13(15-3-2-7-37-15)16(22(11)33-25)24(34)32-12-6-8-39-10-12/h2-10H,1H3,(H,32,34). The molecule has 5 aromatic rings. The van der Waals surface area contributed by atoms with Crippen molar-refractivity contribution < 1.29 is 45.4 Å². The summed E-state index contributed by atoms with van der Waals surface area (Å²) in [4.78, 5) is 30.4. The number of aromatic nitrogens is 1. The van der Waals surface area contributed by atoms with Gasteiger partial charge in [0.05, 0.1) is 30.1 Å². The number of carbonyl (C=O) groups is 2. The molecule has 0 spiro atoms. The smallest absolute Gasteiger partial charge is 0.349 e. The van der Waals surface area contributed by atoms with E-state index in [1.807, 2.05) is 0 Å². The van der Waals surface area contributed by atoms with Crippen molar-refractivity contribution in [3.8, 4) is 23.0 Å². The van der Waals surface area contributed by atoms with Crippen LogP contribution in [0.1, 0.15) is 20.7 Å². The van der Waals surface area contributed by atoms with Crippen molar-refractivity contribution in [1.29, 1.82) is 0 Å². The van der Waals surface area contributed by atoms with Crippen LogP contribution in [0.2, 0.25) is 0 Å². The van der Waals surface area contributed by atoms with Gasteiger partial charge in [0.15, 0.2) is 0 Å². The highest BCUT2D eigenvalue weighted by Gasteiger charge is 2.30. The molecule has 3 aromatic heterocycles. The molecule has 39 heavy (non-hydrogen) atoms. The summed E-state index contributed by atoms with van der Waals surface area (Å²) < 4.78 is 83.9. The number of esters is 1. The molecular formula is C26H13F5N2O5S. The summed E-state index contributed by atoms with van der Waals surface area (Å²) in [7, 11) is 1.12. The van der Waals surface area contributed by atoms with Crippen LogP contribution in [0.3, 0.4) is 0 Å². The van der Waals surface area contributed by atoms with E-state index in [1.54, 1.807) is 29.0 Å². The SMILES string of the molecule is COc1nc2c(C(=O)Nc3ccsc3)c(-c3ccco3)ccc2cc1C(=O)Oc1c(F)c(F)c(F)c(F)c1F. The molecule has 198 valence electrons. The van der Waals surface area contributed by atoms with E-state index in [4.69, 9.17) is 9.15 Å². The number of furan rings is 1. The highest BCUT2D eigenvalue weighted by Crippen LogP contribution is 2.35. The average Bonchev–Trinajstić information content (AvgIpc) is 3.66. The first kappa shape index (κ1) is 25.9. The summed E-state index contributed by atoms with van der Waals surface area (Å²) in [6.07, 6.45) is 1.41. The molecule has 0 unspecified atom stereocenters. The molecule has 13 heteroatoms. The van der Waals surface area contributed by atoms with Crippen molar-refractivity contribution in [2.45, 2.75) is 0 Å². The fourth-order valence-corrected chi connectivity index (χ4v) is 4.33. The van der Waals surface area contributed by atoms with Crippen LogP contribution >= 0.6 is 11.3 Å². The number of benzene rings is 2. The summed E-state index contributed by atoms with van der Waals surface area (Å²) in [5.41, 5.74) is 0.464. The Labute approximate surface area is 219 Å². The Balaban J connectivity index is 1.63. The zero-order valence-corrected chi connectivity index (χ0v) is 20.3. The Kier molecular flexibility index (Phi) is 6.74. The highest BCUT2D eigenvalue weighted by atomic mass is 32.1. The molecule has 7 nitrogen and oxygen atoms in total. The lowest BCUT2D eigenvalue weighted by atomic mass is 9.99. The number of amides is 1. The van der Waals surface area contributed by atoms with E-state index >= 15 is 0 Å². The van der Waals surface area contributed by atoms with E-state index in [0.717, 1.165) is 13.2 Å². The highest BCUT2D eigenvalue weighted by molar-refractivity contribution is 7.08. The topological polar surface area (TPSA) is 90.7 Å². The van der Waals surface area contributed by atoms with Gasteiger partial charge in [0.25, 0.3) is 5.91 Å². The molecule has 0 aliphatic heterocycles. The van der Waals surface area contributed by atoms with Crippen LogP contribution in [-0.2, 0) is 0 Å². The summed E-state index contributed by atoms with van der Waals surface area (Å²) in [6, 6.07) is 9.07. The molecule has 3 heterocycles. The second-order valence-electron chi connectivity index (χ2n) is 7.84. The molecule has 0 saturated carbocycles. The fourth-order valence-electron chi connectivity index (χ4n) is 3.74. The zero-order valence-electron chi connectivity index (χ0n) is 19.5. The fraction of sp³-hybridized carbons (Fsp3) is 0.0385. The first-order valence-electron chi connectivity index (χ1n) is 10.8. The number of thiophene rings is 1. The summed E-state index contributed by atoms with van der Waals surface area (Å²) in [5, 5.41) is 6.39. The molecular weight excluding hydrogens is 547 g/mol. The molecule has 2 aromatic carbocycles. The number of anilines is 1. The predicted octanol–water partition coefficient (Wildman–Crippen LogP) is 6.73. The molecule has 0 aliphatic rings. The van der Waals surface area contributed by atoms with Crippen molar-refractivity contribution in [2.24, 2.45) is 0 Å². The third kappa shape index (κ3) is 4.56. The molecule has 0 bridgehead atoms. The minimum absolute atomic E-state index is 0.0478. The minimum atomic E-state index is -2.41. The Hall–Kier alpha value is -4.78. The van der Waals surface area contributed by atoms with Crippen molar-refractivity contribution >= 4 is 39.8 Å². The van der Waals surface area contributed by atoms with Gasteiger partial charge in [-0.2, -0.15) is 20.1 Å². The predicted molar refractivity (Wildman–Crippen MR) is 129 cm³/mol. The van der Waals surface area contributed by atoms with Gasteiger partial charge in [-0.25, -0.2) is 22.9 Å². The van der Waals surface area contributed by atoms with Gasteiger partial charge in [-0.1, -0.05) is 6.07 Å². The van der Waals surface area contributed by atoms with Gasteiger partial charge >= 0.3 is 5.97 Å². The van der Waals surface area contributed by atoms with E-state index < -0.39 is 58.2 Å². The normalized spacial score (nSPS) is 11.0. The number of methoxy groups -OCH3 is 1. The average molecular weight is 560 g/mol. The second-order valence-corrected chi connectivity index (χ2v) is 8.62. The number of hydrogen-bond donors (Lipinski definition) is 1. The third-order valence-corrected chi connectivity index (χ3v) is 6.21. The van der Waals surface area contributed by atoms with Gasteiger partial charge < -0.3 is 19.2 Å². The lowest BCUT2D eigenvalue weighted by molar-refractivity contribution is 0.0711. The van der Waals surface area contributed by atoms with Crippen LogP contribution in [0, 0.1) is 29.1 Å². The minimum Gasteiger partial charge on any atom is -0.480 e. The van der Waals surface area contributed by atoms with E-state index in [0.29, 0.717) is 17.0 Å². The van der Waals surface area contributed by atoms with Crippen LogP contribution in [0.25, 0.3) is 22.2 Å². The Morgan fingerprint density at radius 3 is 2.31 bits per heavy atom. The van der Waals surface area contributed by atoms with Gasteiger partial charge in [0.1, 0.15) is 11.3 Å². The maximum absolute atomic E-state index is 14.1. The van der Waals surface area contributed by atoms with Crippen molar-refractivity contribution in [2.75, 3.05) is 12.4 Å². The molecule has 0 aliphatic carbocycles. The molecule has 0 saturated heterocycles. The summed E-state index contributed by atoms with van der Waals surface area (Å²) in [5.74, 6) is -15.6. The number of fused-ring (bicyclic) bond motifs is 1. The quantitative estimate of drug-likeness (QED) is 0.0814. The molecule has 1 N–H and O–H groups in total. The maximum atomic E-state index is 14.1. The Bertz CT molecular complexity index is 1710. The van der Waals surface area contributed by atoms with E-state index in [9.17, 15) is 31.5 Å². The van der Waals surface area contributed by atoms with Gasteiger partial charge in [0, 0.05) is 16.3 Å². The Morgan fingerprint density at radius 1 is 0.974 bits per heavy atom. The van der Waals surface area contributed by atoms with E-state index in [-0.39, 0.29) is 16.5 Å². The number of pyridine rings is 1. The number of rotatable bonds is 6. The third-order valence-electron chi connectivity index (χ3n) is 5.52. The van der Waals surface area contributed by atoms with Gasteiger partial charge in [-0.05, 0) is 35.7 Å². The van der Waals surface area contributed by atoms with Gasteiger partial charge in [0.2, 0.25) is 40.7 Å². The molecule has 0 fully saturated rings. The second kappa shape index (κ2) is 10.2. The molecule has 0 atom stereocenters. The Morgan fingerprint density at radius 2 is 1.69 bits per heavy atom. The van der Waals surface area contributed by atoms with Crippen LogP contribution in [0.5, 0.6) is 11.6 Å². The zero-order chi connectivity index (χ0) is 27.8. The number of nitrogens with one attached hydrogen (secondary N) is 1. The number of ether oxygens (including phenoxy) is 2. The maximum Gasteiger partial charge on any atom is 0.349 e. The number of halogens is 5.